The Labute approximate surface area is 185 Å². The van der Waals surface area contributed by atoms with Gasteiger partial charge < -0.3 is 14.6 Å². The van der Waals surface area contributed by atoms with Crippen LogP contribution in [0.5, 0.6) is 5.75 Å². The SMILES string of the molecule is CCOc1cccc(NC(=O)/C(C#N)=C\c2cc(C)n(-c3ccc(F)c(Cl)c3)c2C)c1. The molecular formula is C24H21ClFN3O2. The van der Waals surface area contributed by atoms with Gasteiger partial charge in [0.05, 0.1) is 11.6 Å². The van der Waals surface area contributed by atoms with Crippen molar-refractivity contribution in [2.45, 2.75) is 20.8 Å². The van der Waals surface area contributed by atoms with Gasteiger partial charge in [0.25, 0.3) is 5.91 Å². The molecule has 0 radical (unpaired) electrons. The largest absolute Gasteiger partial charge is 0.494 e. The van der Waals surface area contributed by atoms with Gasteiger partial charge in [0.2, 0.25) is 0 Å². The van der Waals surface area contributed by atoms with Gasteiger partial charge in [-0.1, -0.05) is 17.7 Å². The number of carbonyl (C=O) groups is 1. The van der Waals surface area contributed by atoms with Crippen molar-refractivity contribution in [1.82, 2.24) is 4.57 Å². The second-order valence-electron chi connectivity index (χ2n) is 6.85. The number of nitriles is 1. The van der Waals surface area contributed by atoms with Crippen molar-refractivity contribution in [3.63, 3.8) is 0 Å². The van der Waals surface area contributed by atoms with Gasteiger partial charge in [-0.25, -0.2) is 4.39 Å². The van der Waals surface area contributed by atoms with Crippen LogP contribution < -0.4 is 10.1 Å². The predicted molar refractivity (Wildman–Crippen MR) is 120 cm³/mol. The second kappa shape index (κ2) is 9.50. The standard InChI is InChI=1S/C24H21ClFN3O2/c1-4-31-21-7-5-6-19(12-21)28-24(30)18(14-27)11-17-10-15(2)29(16(17)3)20-8-9-23(26)22(25)13-20/h5-13H,4H2,1-3H3,(H,28,30)/b18-11-. The van der Waals surface area contributed by atoms with E-state index in [4.69, 9.17) is 16.3 Å². The van der Waals surface area contributed by atoms with Crippen LogP contribution >= 0.6 is 11.6 Å². The molecule has 0 aliphatic heterocycles. The van der Waals surface area contributed by atoms with Crippen molar-refractivity contribution in [3.8, 4) is 17.5 Å². The fourth-order valence-corrected chi connectivity index (χ4v) is 3.46. The number of aryl methyl sites for hydroxylation is 1. The summed E-state index contributed by atoms with van der Waals surface area (Å²) in [5.41, 5.74) is 3.53. The van der Waals surface area contributed by atoms with Crippen LogP contribution in [0, 0.1) is 31.0 Å². The average molecular weight is 438 g/mol. The number of hydrogen-bond acceptors (Lipinski definition) is 3. The van der Waals surface area contributed by atoms with Crippen LogP contribution in [-0.4, -0.2) is 17.1 Å². The Balaban J connectivity index is 1.90. The smallest absolute Gasteiger partial charge is 0.266 e. The summed E-state index contributed by atoms with van der Waals surface area (Å²) in [6.07, 6.45) is 1.53. The van der Waals surface area contributed by atoms with E-state index in [1.54, 1.807) is 30.3 Å². The second-order valence-corrected chi connectivity index (χ2v) is 7.25. The molecule has 5 nitrogen and oxygen atoms in total. The third-order valence-corrected chi connectivity index (χ3v) is 4.99. The molecule has 0 unspecified atom stereocenters. The molecule has 0 atom stereocenters. The zero-order valence-corrected chi connectivity index (χ0v) is 18.1. The van der Waals surface area contributed by atoms with Gasteiger partial charge in [0.15, 0.2) is 0 Å². The zero-order valence-electron chi connectivity index (χ0n) is 17.4. The zero-order chi connectivity index (χ0) is 22.5. The number of rotatable bonds is 6. The molecule has 31 heavy (non-hydrogen) atoms. The molecule has 0 saturated carbocycles. The Hall–Kier alpha value is -3.56. The topological polar surface area (TPSA) is 67.0 Å². The lowest BCUT2D eigenvalue weighted by atomic mass is 10.1. The van der Waals surface area contributed by atoms with Crippen molar-refractivity contribution in [1.29, 1.82) is 5.26 Å². The molecule has 0 aliphatic rings. The van der Waals surface area contributed by atoms with E-state index in [2.05, 4.69) is 5.32 Å². The van der Waals surface area contributed by atoms with Gasteiger partial charge in [0, 0.05) is 28.8 Å². The van der Waals surface area contributed by atoms with Gasteiger partial charge in [-0.05, 0) is 68.8 Å². The van der Waals surface area contributed by atoms with Crippen molar-refractivity contribution >= 4 is 29.3 Å². The first-order valence-corrected chi connectivity index (χ1v) is 10.0. The number of carbonyl (C=O) groups excluding carboxylic acids is 1. The summed E-state index contributed by atoms with van der Waals surface area (Å²) < 4.78 is 20.9. The number of anilines is 1. The lowest BCUT2D eigenvalue weighted by Gasteiger charge is -2.10. The van der Waals surface area contributed by atoms with E-state index in [9.17, 15) is 14.4 Å². The Bertz CT molecular complexity index is 1210. The van der Waals surface area contributed by atoms with Crippen LogP contribution in [0.3, 0.4) is 0 Å². The van der Waals surface area contributed by atoms with Crippen LogP contribution in [0.2, 0.25) is 5.02 Å². The first kappa shape index (κ1) is 22.1. The van der Waals surface area contributed by atoms with Crippen molar-refractivity contribution < 1.29 is 13.9 Å². The van der Waals surface area contributed by atoms with E-state index in [1.165, 1.54) is 18.2 Å². The number of halogens is 2. The van der Waals surface area contributed by atoms with Crippen LogP contribution in [0.15, 0.2) is 54.1 Å². The molecule has 1 N–H and O–H groups in total. The number of amides is 1. The third-order valence-electron chi connectivity index (χ3n) is 4.70. The van der Waals surface area contributed by atoms with Gasteiger partial charge in [0.1, 0.15) is 23.2 Å². The number of benzene rings is 2. The first-order valence-electron chi connectivity index (χ1n) is 9.64. The Morgan fingerprint density at radius 2 is 2.03 bits per heavy atom. The summed E-state index contributed by atoms with van der Waals surface area (Å²) in [4.78, 5) is 12.7. The maximum absolute atomic E-state index is 13.5. The average Bonchev–Trinajstić information content (AvgIpc) is 3.01. The third kappa shape index (κ3) is 4.96. The minimum atomic E-state index is -0.522. The molecule has 1 amide bonds. The molecule has 0 aliphatic carbocycles. The highest BCUT2D eigenvalue weighted by Crippen LogP contribution is 2.26. The number of aromatic nitrogens is 1. The molecule has 0 fully saturated rings. The number of ether oxygens (including phenoxy) is 1. The van der Waals surface area contributed by atoms with E-state index >= 15 is 0 Å². The van der Waals surface area contributed by atoms with Crippen molar-refractivity contribution in [2.24, 2.45) is 0 Å². The van der Waals surface area contributed by atoms with Gasteiger partial charge in [-0.3, -0.25) is 4.79 Å². The molecule has 1 heterocycles. The van der Waals surface area contributed by atoms with E-state index in [0.29, 0.717) is 29.3 Å². The van der Waals surface area contributed by atoms with Crippen LogP contribution in [0.1, 0.15) is 23.9 Å². The quantitative estimate of drug-likeness (QED) is 0.389. The summed E-state index contributed by atoms with van der Waals surface area (Å²) in [6, 6.07) is 15.2. The molecule has 0 bridgehead atoms. The maximum Gasteiger partial charge on any atom is 0.266 e. The van der Waals surface area contributed by atoms with E-state index in [-0.39, 0.29) is 10.6 Å². The molecule has 1 aromatic heterocycles. The highest BCUT2D eigenvalue weighted by atomic mass is 35.5. The fraction of sp³-hybridized carbons (Fsp3) is 0.167. The fourth-order valence-electron chi connectivity index (χ4n) is 3.29. The molecule has 3 rings (SSSR count). The lowest BCUT2D eigenvalue weighted by Crippen LogP contribution is -2.13. The number of nitrogens with one attached hydrogen (secondary N) is 1. The van der Waals surface area contributed by atoms with Crippen LogP contribution in [0.25, 0.3) is 11.8 Å². The summed E-state index contributed by atoms with van der Waals surface area (Å²) in [7, 11) is 0. The van der Waals surface area contributed by atoms with Gasteiger partial charge in [-0.2, -0.15) is 5.26 Å². The minimum absolute atomic E-state index is 0.0217. The minimum Gasteiger partial charge on any atom is -0.494 e. The molecule has 2 aromatic carbocycles. The lowest BCUT2D eigenvalue weighted by molar-refractivity contribution is -0.112. The maximum atomic E-state index is 13.5. The predicted octanol–water partition coefficient (Wildman–Crippen LogP) is 5.83. The molecule has 0 spiro atoms. The van der Waals surface area contributed by atoms with Gasteiger partial charge in [-0.15, -0.1) is 0 Å². The summed E-state index contributed by atoms with van der Waals surface area (Å²) >= 11 is 5.93. The van der Waals surface area contributed by atoms with Crippen molar-refractivity contribution in [2.75, 3.05) is 11.9 Å². The van der Waals surface area contributed by atoms with Crippen LogP contribution in [0.4, 0.5) is 10.1 Å². The Morgan fingerprint density at radius 3 is 2.71 bits per heavy atom. The summed E-state index contributed by atoms with van der Waals surface area (Å²) in [5.74, 6) is -0.389. The first-order chi connectivity index (χ1) is 14.8. The number of hydrogen-bond donors (Lipinski definition) is 1. The van der Waals surface area contributed by atoms with E-state index < -0.39 is 11.7 Å². The Morgan fingerprint density at radius 1 is 1.26 bits per heavy atom. The normalized spacial score (nSPS) is 11.2. The molecule has 3 aromatic rings. The van der Waals surface area contributed by atoms with Crippen molar-refractivity contribution in [3.05, 3.63) is 81.9 Å². The molecule has 158 valence electrons. The summed E-state index contributed by atoms with van der Waals surface area (Å²) in [6.45, 7) is 6.12. The molecular weight excluding hydrogens is 417 g/mol. The van der Waals surface area contributed by atoms with Gasteiger partial charge >= 0.3 is 0 Å². The van der Waals surface area contributed by atoms with Crippen LogP contribution in [-0.2, 0) is 4.79 Å². The Kier molecular flexibility index (Phi) is 6.78. The van der Waals surface area contributed by atoms with E-state index in [0.717, 1.165) is 11.4 Å². The highest BCUT2D eigenvalue weighted by Gasteiger charge is 2.15. The molecule has 7 heteroatoms. The highest BCUT2D eigenvalue weighted by molar-refractivity contribution is 6.30. The monoisotopic (exact) mass is 437 g/mol. The molecule has 0 saturated heterocycles. The number of nitrogens with zero attached hydrogens (tertiary/aromatic N) is 2. The summed E-state index contributed by atoms with van der Waals surface area (Å²) in [5, 5.41) is 12.3. The van der Waals surface area contributed by atoms with E-state index in [1.807, 2.05) is 37.5 Å².